The van der Waals surface area contributed by atoms with E-state index in [9.17, 15) is 10.1 Å². The fourth-order valence-electron chi connectivity index (χ4n) is 0.850. The monoisotopic (exact) mass is 179 g/mol. The minimum Gasteiger partial charge on any atom is -0.258 e. The lowest BCUT2D eigenvalue weighted by Crippen LogP contribution is -2.03. The van der Waals surface area contributed by atoms with Gasteiger partial charge in [0.1, 0.15) is 7.85 Å². The Bertz CT molecular complexity index is 316. The van der Waals surface area contributed by atoms with Crippen LogP contribution in [0.3, 0.4) is 0 Å². The molecule has 12 heavy (non-hydrogen) atoms. The van der Waals surface area contributed by atoms with E-state index in [1.54, 1.807) is 18.4 Å². The molecule has 0 aromatic heterocycles. The maximum Gasteiger partial charge on any atom is 0.282 e. The highest BCUT2D eigenvalue weighted by Crippen LogP contribution is 2.25. The fraction of sp³-hybridized carbons (Fsp3) is 0.143. The summed E-state index contributed by atoms with van der Waals surface area (Å²) in [6, 6.07) is 4.67. The third kappa shape index (κ3) is 1.79. The lowest BCUT2D eigenvalue weighted by Gasteiger charge is -1.99. The Balaban J connectivity index is 3.21. The van der Waals surface area contributed by atoms with E-state index in [0.29, 0.717) is 10.4 Å². The molecule has 0 saturated heterocycles. The van der Waals surface area contributed by atoms with Gasteiger partial charge in [-0.3, -0.25) is 10.1 Å². The van der Waals surface area contributed by atoms with Crippen molar-refractivity contribution in [1.82, 2.24) is 0 Å². The molecule has 0 aliphatic heterocycles. The smallest absolute Gasteiger partial charge is 0.258 e. The van der Waals surface area contributed by atoms with Crippen LogP contribution < -0.4 is 5.46 Å². The molecular formula is C7H6BNO2S. The Kier molecular flexibility index (Phi) is 2.76. The molecule has 0 heterocycles. The van der Waals surface area contributed by atoms with Crippen molar-refractivity contribution in [3.63, 3.8) is 0 Å². The minimum absolute atomic E-state index is 0.0718. The van der Waals surface area contributed by atoms with Gasteiger partial charge in [0.15, 0.2) is 0 Å². The highest BCUT2D eigenvalue weighted by Gasteiger charge is 2.11. The van der Waals surface area contributed by atoms with Gasteiger partial charge >= 0.3 is 0 Å². The Morgan fingerprint density at radius 1 is 1.58 bits per heavy atom. The Morgan fingerprint density at radius 3 is 2.75 bits per heavy atom. The van der Waals surface area contributed by atoms with Crippen molar-refractivity contribution < 1.29 is 4.92 Å². The second kappa shape index (κ2) is 3.62. The van der Waals surface area contributed by atoms with E-state index in [2.05, 4.69) is 0 Å². The molecule has 0 bridgehead atoms. The summed E-state index contributed by atoms with van der Waals surface area (Å²) < 4.78 is 0. The van der Waals surface area contributed by atoms with Crippen molar-refractivity contribution in [1.29, 1.82) is 0 Å². The number of hydrogen-bond donors (Lipinski definition) is 0. The third-order valence-electron chi connectivity index (χ3n) is 1.40. The summed E-state index contributed by atoms with van der Waals surface area (Å²) in [6.45, 7) is 0. The van der Waals surface area contributed by atoms with Gasteiger partial charge < -0.3 is 0 Å². The zero-order chi connectivity index (χ0) is 9.14. The molecule has 0 atom stereocenters. The predicted molar refractivity (Wildman–Crippen MR) is 50.3 cm³/mol. The molecule has 60 valence electrons. The average Bonchev–Trinajstić information content (AvgIpc) is 2.04. The van der Waals surface area contributed by atoms with Crippen molar-refractivity contribution in [3.8, 4) is 0 Å². The summed E-state index contributed by atoms with van der Waals surface area (Å²) in [4.78, 5) is 10.7. The number of nitrogens with zero attached hydrogens (tertiary/aromatic N) is 1. The molecule has 0 aliphatic rings. The lowest BCUT2D eigenvalue weighted by atomic mass is 9.96. The first-order valence-electron chi connectivity index (χ1n) is 3.23. The van der Waals surface area contributed by atoms with E-state index in [1.165, 1.54) is 17.8 Å². The highest BCUT2D eigenvalue weighted by molar-refractivity contribution is 7.98. The molecule has 0 fully saturated rings. The first-order chi connectivity index (χ1) is 5.65. The third-order valence-corrected chi connectivity index (χ3v) is 2.18. The standard InChI is InChI=1S/C7H6BNO2S/c1-12-7-3-2-5(8)4-6(7)9(10)11/h2-4H,1H3. The van der Waals surface area contributed by atoms with Crippen molar-refractivity contribution in [3.05, 3.63) is 28.3 Å². The zero-order valence-corrected chi connectivity index (χ0v) is 7.30. The maximum atomic E-state index is 10.5. The normalized spacial score (nSPS) is 9.75. The maximum absolute atomic E-state index is 10.5. The van der Waals surface area contributed by atoms with Crippen LogP contribution in [0.2, 0.25) is 0 Å². The van der Waals surface area contributed by atoms with Crippen molar-refractivity contribution >= 4 is 30.8 Å². The number of hydrogen-bond acceptors (Lipinski definition) is 3. The second-order valence-corrected chi connectivity index (χ2v) is 3.04. The van der Waals surface area contributed by atoms with Crippen LogP contribution in [-0.2, 0) is 0 Å². The molecule has 0 saturated carbocycles. The quantitative estimate of drug-likeness (QED) is 0.295. The minimum atomic E-state index is -0.428. The Labute approximate surface area is 75.7 Å². The van der Waals surface area contributed by atoms with Crippen molar-refractivity contribution in [2.24, 2.45) is 0 Å². The first kappa shape index (κ1) is 9.13. The summed E-state index contributed by atoms with van der Waals surface area (Å²) >= 11 is 1.34. The summed E-state index contributed by atoms with van der Waals surface area (Å²) in [7, 11) is 5.41. The van der Waals surface area contributed by atoms with E-state index >= 15 is 0 Å². The molecule has 0 unspecified atom stereocenters. The SMILES string of the molecule is [B]c1ccc(SC)c([N+](=O)[O-])c1. The molecule has 0 spiro atoms. The summed E-state index contributed by atoms with van der Waals surface area (Å²) in [5, 5.41) is 10.5. The summed E-state index contributed by atoms with van der Waals surface area (Å²) in [6.07, 6.45) is 1.79. The number of benzene rings is 1. The Morgan fingerprint density at radius 2 is 2.25 bits per heavy atom. The summed E-state index contributed by atoms with van der Waals surface area (Å²) in [5.41, 5.74) is 0.488. The Hall–Kier alpha value is -0.965. The van der Waals surface area contributed by atoms with E-state index < -0.39 is 4.92 Å². The van der Waals surface area contributed by atoms with E-state index in [1.807, 2.05) is 0 Å². The van der Waals surface area contributed by atoms with Gasteiger partial charge in [-0.2, -0.15) is 0 Å². The van der Waals surface area contributed by atoms with Gasteiger partial charge in [0.2, 0.25) is 0 Å². The van der Waals surface area contributed by atoms with Gasteiger partial charge in [-0.15, -0.1) is 11.8 Å². The van der Waals surface area contributed by atoms with E-state index in [-0.39, 0.29) is 5.69 Å². The molecule has 1 aromatic carbocycles. The molecule has 5 heteroatoms. The van der Waals surface area contributed by atoms with E-state index in [0.717, 1.165) is 0 Å². The van der Waals surface area contributed by atoms with Gasteiger partial charge in [0, 0.05) is 6.07 Å². The molecule has 2 radical (unpaired) electrons. The fourth-order valence-corrected chi connectivity index (χ4v) is 1.40. The molecule has 0 amide bonds. The largest absolute Gasteiger partial charge is 0.282 e. The topological polar surface area (TPSA) is 43.1 Å². The second-order valence-electron chi connectivity index (χ2n) is 2.19. The summed E-state index contributed by atoms with van der Waals surface area (Å²) in [5.74, 6) is 0. The predicted octanol–water partition coefficient (Wildman–Crippen LogP) is 1.11. The van der Waals surface area contributed by atoms with Crippen LogP contribution in [-0.4, -0.2) is 19.0 Å². The van der Waals surface area contributed by atoms with Crippen LogP contribution >= 0.6 is 11.8 Å². The van der Waals surface area contributed by atoms with Gasteiger partial charge in [-0.05, 0) is 12.3 Å². The van der Waals surface area contributed by atoms with Crippen LogP contribution in [0.25, 0.3) is 0 Å². The first-order valence-corrected chi connectivity index (χ1v) is 4.45. The highest BCUT2D eigenvalue weighted by atomic mass is 32.2. The van der Waals surface area contributed by atoms with Gasteiger partial charge in [-0.1, -0.05) is 11.5 Å². The van der Waals surface area contributed by atoms with Crippen molar-refractivity contribution in [2.75, 3.05) is 6.26 Å². The molecule has 0 aliphatic carbocycles. The lowest BCUT2D eigenvalue weighted by molar-refractivity contribution is -0.387. The molecule has 0 N–H and O–H groups in total. The van der Waals surface area contributed by atoms with Gasteiger partial charge in [0.25, 0.3) is 5.69 Å². The van der Waals surface area contributed by atoms with E-state index in [4.69, 9.17) is 7.85 Å². The molecular weight excluding hydrogens is 173 g/mol. The number of nitro benzene ring substituents is 1. The molecule has 3 nitrogen and oxygen atoms in total. The van der Waals surface area contributed by atoms with Crippen LogP contribution in [0.1, 0.15) is 0 Å². The van der Waals surface area contributed by atoms with Gasteiger partial charge in [-0.25, -0.2) is 0 Å². The van der Waals surface area contributed by atoms with Crippen LogP contribution in [0.15, 0.2) is 23.1 Å². The molecule has 1 aromatic rings. The molecule has 1 rings (SSSR count). The van der Waals surface area contributed by atoms with Crippen LogP contribution in [0.5, 0.6) is 0 Å². The van der Waals surface area contributed by atoms with Gasteiger partial charge in [0.05, 0.1) is 9.82 Å². The average molecular weight is 179 g/mol. The number of thioether (sulfide) groups is 1. The number of rotatable bonds is 2. The number of nitro groups is 1. The van der Waals surface area contributed by atoms with Crippen molar-refractivity contribution in [2.45, 2.75) is 4.90 Å². The van der Waals surface area contributed by atoms with Crippen LogP contribution in [0.4, 0.5) is 5.69 Å². The van der Waals surface area contributed by atoms with Crippen LogP contribution in [0, 0.1) is 10.1 Å². The zero-order valence-electron chi connectivity index (χ0n) is 6.48.